The minimum absolute atomic E-state index is 0.0972. The van der Waals surface area contributed by atoms with Crippen LogP contribution in [-0.2, 0) is 9.53 Å². The predicted octanol–water partition coefficient (Wildman–Crippen LogP) is 1.00. The third kappa shape index (κ3) is 0.990. The van der Waals surface area contributed by atoms with E-state index in [0.717, 1.165) is 0 Å². The third-order valence-corrected chi connectivity index (χ3v) is 1.74. The second-order valence-corrected chi connectivity index (χ2v) is 3.09. The number of rotatable bonds is 0. The van der Waals surface area contributed by atoms with Gasteiger partial charge in [0.05, 0.1) is 6.61 Å². The van der Waals surface area contributed by atoms with E-state index in [-0.39, 0.29) is 11.7 Å². The number of hydrogen-bond acceptors (Lipinski definition) is 2. The maximum atomic E-state index is 11.1. The van der Waals surface area contributed by atoms with E-state index >= 15 is 0 Å². The molecule has 1 saturated heterocycles. The van der Waals surface area contributed by atoms with Gasteiger partial charge < -0.3 is 4.74 Å². The normalized spacial score (nSPS) is 33.2. The summed E-state index contributed by atoms with van der Waals surface area (Å²) in [6.07, 6.45) is 0. The summed E-state index contributed by atoms with van der Waals surface area (Å²) in [6, 6.07) is 0. The molecule has 2 heteroatoms. The molecule has 0 aliphatic carbocycles. The molecule has 52 valence electrons. The van der Waals surface area contributed by atoms with Crippen LogP contribution in [0.5, 0.6) is 0 Å². The number of carbonyl (C=O) groups excluding carboxylic acids is 1. The minimum atomic E-state index is -0.514. The van der Waals surface area contributed by atoms with E-state index in [0.29, 0.717) is 6.61 Å². The monoisotopic (exact) mass is 128 g/mol. The summed E-state index contributed by atoms with van der Waals surface area (Å²) < 4.78 is 5.22. The van der Waals surface area contributed by atoms with Crippen molar-refractivity contribution in [2.75, 3.05) is 6.61 Å². The zero-order chi connectivity index (χ0) is 7.07. The highest BCUT2D eigenvalue weighted by Crippen LogP contribution is 2.24. The first-order valence-corrected chi connectivity index (χ1v) is 3.22. The predicted molar refractivity (Wildman–Crippen MR) is 34.2 cm³/mol. The summed E-state index contributed by atoms with van der Waals surface area (Å²) in [5.74, 6) is 0.322. The molecule has 0 aromatic rings. The van der Waals surface area contributed by atoms with Gasteiger partial charge >= 0.3 is 0 Å². The van der Waals surface area contributed by atoms with Crippen LogP contribution in [0.15, 0.2) is 0 Å². The van der Waals surface area contributed by atoms with Gasteiger partial charge in [-0.1, -0.05) is 6.92 Å². The number of hydrogen-bond donors (Lipinski definition) is 0. The van der Waals surface area contributed by atoms with Crippen LogP contribution in [0.3, 0.4) is 0 Å². The number of carbonyl (C=O) groups is 1. The fourth-order valence-corrected chi connectivity index (χ4v) is 1.07. The first kappa shape index (κ1) is 6.75. The molecular formula is C7H12O2. The summed E-state index contributed by atoms with van der Waals surface area (Å²) in [4.78, 5) is 11.1. The standard InChI is InChI=1S/C7H12O2/c1-5-4-9-7(2,3)6(5)8/h5H,4H2,1-3H3. The van der Waals surface area contributed by atoms with Crippen molar-refractivity contribution in [1.29, 1.82) is 0 Å². The summed E-state index contributed by atoms with van der Waals surface area (Å²) in [5, 5.41) is 0. The Bertz CT molecular complexity index is 138. The van der Waals surface area contributed by atoms with Gasteiger partial charge in [0.25, 0.3) is 0 Å². The lowest BCUT2D eigenvalue weighted by atomic mass is 9.98. The van der Waals surface area contributed by atoms with E-state index < -0.39 is 5.60 Å². The molecule has 1 aliphatic rings. The van der Waals surface area contributed by atoms with Crippen LogP contribution in [0.2, 0.25) is 0 Å². The number of ketones is 1. The lowest BCUT2D eigenvalue weighted by Gasteiger charge is -2.13. The number of ether oxygens (including phenoxy) is 1. The maximum absolute atomic E-state index is 11.1. The van der Waals surface area contributed by atoms with Crippen molar-refractivity contribution in [2.24, 2.45) is 5.92 Å². The summed E-state index contributed by atoms with van der Waals surface area (Å²) >= 11 is 0. The van der Waals surface area contributed by atoms with E-state index in [4.69, 9.17) is 4.74 Å². The smallest absolute Gasteiger partial charge is 0.169 e. The van der Waals surface area contributed by atoms with E-state index in [9.17, 15) is 4.79 Å². The van der Waals surface area contributed by atoms with E-state index in [1.165, 1.54) is 0 Å². The Morgan fingerprint density at radius 1 is 1.67 bits per heavy atom. The highest BCUT2D eigenvalue weighted by molar-refractivity contribution is 5.90. The minimum Gasteiger partial charge on any atom is -0.367 e. The van der Waals surface area contributed by atoms with Crippen LogP contribution >= 0.6 is 0 Å². The molecule has 0 aromatic carbocycles. The summed E-state index contributed by atoms with van der Waals surface area (Å²) in [6.45, 7) is 6.13. The van der Waals surface area contributed by atoms with Crippen molar-refractivity contribution in [3.8, 4) is 0 Å². The van der Waals surface area contributed by atoms with Gasteiger partial charge in [-0.25, -0.2) is 0 Å². The van der Waals surface area contributed by atoms with Gasteiger partial charge in [0.2, 0.25) is 0 Å². The molecule has 9 heavy (non-hydrogen) atoms. The van der Waals surface area contributed by atoms with E-state index in [1.54, 1.807) is 0 Å². The average Bonchev–Trinajstić information content (AvgIpc) is 1.97. The Morgan fingerprint density at radius 3 is 2.33 bits per heavy atom. The molecule has 1 rings (SSSR count). The van der Waals surface area contributed by atoms with Crippen LogP contribution in [0, 0.1) is 5.92 Å². The van der Waals surface area contributed by atoms with E-state index in [1.807, 2.05) is 20.8 Å². The van der Waals surface area contributed by atoms with Gasteiger partial charge in [-0.15, -0.1) is 0 Å². The lowest BCUT2D eigenvalue weighted by molar-refractivity contribution is -0.129. The van der Waals surface area contributed by atoms with Crippen LogP contribution < -0.4 is 0 Å². The highest BCUT2D eigenvalue weighted by Gasteiger charge is 2.38. The van der Waals surface area contributed by atoms with Crippen LogP contribution in [0.1, 0.15) is 20.8 Å². The van der Waals surface area contributed by atoms with Crippen molar-refractivity contribution in [1.82, 2.24) is 0 Å². The maximum Gasteiger partial charge on any atom is 0.169 e. The summed E-state index contributed by atoms with van der Waals surface area (Å²) in [5.41, 5.74) is -0.514. The molecule has 0 spiro atoms. The topological polar surface area (TPSA) is 26.3 Å². The third-order valence-electron chi connectivity index (χ3n) is 1.74. The molecular weight excluding hydrogens is 116 g/mol. The Kier molecular flexibility index (Phi) is 1.35. The number of Topliss-reactive ketones (excluding diaryl/α,β-unsaturated/α-hetero) is 1. The van der Waals surface area contributed by atoms with Gasteiger partial charge in [0.1, 0.15) is 5.60 Å². The van der Waals surface area contributed by atoms with Crippen LogP contribution in [0.4, 0.5) is 0 Å². The van der Waals surface area contributed by atoms with Crippen LogP contribution in [0.25, 0.3) is 0 Å². The molecule has 0 aromatic heterocycles. The SMILES string of the molecule is CC1COC(C)(C)C1=O. The van der Waals surface area contributed by atoms with Gasteiger partial charge in [-0.2, -0.15) is 0 Å². The van der Waals surface area contributed by atoms with Crippen molar-refractivity contribution >= 4 is 5.78 Å². The molecule has 0 amide bonds. The zero-order valence-electron chi connectivity index (χ0n) is 6.10. The molecule has 1 aliphatic heterocycles. The van der Waals surface area contributed by atoms with Gasteiger partial charge in [0.15, 0.2) is 5.78 Å². The van der Waals surface area contributed by atoms with Crippen molar-refractivity contribution in [3.63, 3.8) is 0 Å². The van der Waals surface area contributed by atoms with Gasteiger partial charge in [-0.3, -0.25) is 4.79 Å². The van der Waals surface area contributed by atoms with Crippen molar-refractivity contribution in [2.45, 2.75) is 26.4 Å². The molecule has 1 heterocycles. The fourth-order valence-electron chi connectivity index (χ4n) is 1.07. The second kappa shape index (κ2) is 1.81. The molecule has 1 unspecified atom stereocenters. The Balaban J connectivity index is 2.74. The van der Waals surface area contributed by atoms with Crippen LogP contribution in [-0.4, -0.2) is 18.0 Å². The molecule has 0 N–H and O–H groups in total. The largest absolute Gasteiger partial charge is 0.367 e. The molecule has 0 bridgehead atoms. The Hall–Kier alpha value is -0.370. The molecule has 2 nitrogen and oxygen atoms in total. The summed E-state index contributed by atoms with van der Waals surface area (Å²) in [7, 11) is 0. The van der Waals surface area contributed by atoms with Crippen molar-refractivity contribution < 1.29 is 9.53 Å². The lowest BCUT2D eigenvalue weighted by Crippen LogP contribution is -2.28. The Morgan fingerprint density at radius 2 is 2.22 bits per heavy atom. The van der Waals surface area contributed by atoms with E-state index in [2.05, 4.69) is 0 Å². The molecule has 0 radical (unpaired) electrons. The molecule has 1 fully saturated rings. The average molecular weight is 128 g/mol. The van der Waals surface area contributed by atoms with Gasteiger partial charge in [0, 0.05) is 5.92 Å². The van der Waals surface area contributed by atoms with Gasteiger partial charge in [-0.05, 0) is 13.8 Å². The zero-order valence-corrected chi connectivity index (χ0v) is 6.10. The highest BCUT2D eigenvalue weighted by atomic mass is 16.5. The molecule has 1 atom stereocenters. The fraction of sp³-hybridized carbons (Fsp3) is 0.857. The molecule has 0 saturated carbocycles. The van der Waals surface area contributed by atoms with Crippen molar-refractivity contribution in [3.05, 3.63) is 0 Å². The first-order valence-electron chi connectivity index (χ1n) is 3.22. The quantitative estimate of drug-likeness (QED) is 0.486. The Labute approximate surface area is 55.2 Å². The second-order valence-electron chi connectivity index (χ2n) is 3.09. The first-order chi connectivity index (χ1) is 4.04.